The van der Waals surface area contributed by atoms with Crippen LogP contribution in [0.1, 0.15) is 33.3 Å². The minimum Gasteiger partial charge on any atom is -0.508 e. The fourth-order valence-electron chi connectivity index (χ4n) is 1.96. The number of rotatable bonds is 7. The normalized spacial score (nSPS) is 12.7. The van der Waals surface area contributed by atoms with E-state index in [1.54, 1.807) is 19.1 Å². The molecule has 0 aliphatic carbocycles. The molecule has 0 radical (unpaired) electrons. The molecule has 23 heavy (non-hydrogen) atoms. The summed E-state index contributed by atoms with van der Waals surface area (Å²) in [6.45, 7) is 8.97. The summed E-state index contributed by atoms with van der Waals surface area (Å²) in [5, 5.41) is 22.0. The zero-order chi connectivity index (χ0) is 17.5. The Morgan fingerprint density at radius 2 is 1.91 bits per heavy atom. The Kier molecular flexibility index (Phi) is 7.32. The quantitative estimate of drug-likeness (QED) is 0.669. The Morgan fingerprint density at radius 3 is 2.43 bits per heavy atom. The van der Waals surface area contributed by atoms with Crippen LogP contribution < -0.4 is 5.32 Å². The average molecular weight is 324 g/mol. The zero-order valence-electron chi connectivity index (χ0n) is 14.4. The van der Waals surface area contributed by atoms with Crippen LogP contribution in [0.3, 0.4) is 0 Å². The third-order valence-electron chi connectivity index (χ3n) is 2.96. The lowest BCUT2D eigenvalue weighted by Gasteiger charge is -2.28. The number of aromatic hydroxyl groups is 1. The van der Waals surface area contributed by atoms with Crippen molar-refractivity contribution in [2.75, 3.05) is 19.6 Å². The molecule has 0 saturated heterocycles. The second-order valence-corrected chi connectivity index (χ2v) is 6.62. The molecule has 130 valence electrons. The number of nitrogens with one attached hydrogen (secondary N) is 1. The van der Waals surface area contributed by atoms with Crippen molar-refractivity contribution in [3.05, 3.63) is 29.8 Å². The van der Waals surface area contributed by atoms with Gasteiger partial charge in [0.2, 0.25) is 0 Å². The van der Waals surface area contributed by atoms with E-state index < -0.39 is 17.8 Å². The van der Waals surface area contributed by atoms with Crippen molar-refractivity contribution in [2.45, 2.75) is 45.9 Å². The number of carbonyl (C=O) groups excluding carboxylic acids is 1. The Morgan fingerprint density at radius 1 is 1.30 bits per heavy atom. The largest absolute Gasteiger partial charge is 0.508 e. The van der Waals surface area contributed by atoms with E-state index >= 15 is 0 Å². The minimum atomic E-state index is -0.611. The van der Waals surface area contributed by atoms with E-state index in [0.29, 0.717) is 19.6 Å². The SMILES string of the molecule is CC(O)CN(CCNCc1ccc(O)cc1)C(=O)OC(C)(C)C. The Hall–Kier alpha value is -1.79. The van der Waals surface area contributed by atoms with Gasteiger partial charge in [0.25, 0.3) is 0 Å². The van der Waals surface area contributed by atoms with Crippen molar-refractivity contribution in [3.63, 3.8) is 0 Å². The lowest BCUT2D eigenvalue weighted by molar-refractivity contribution is 0.0164. The molecule has 1 atom stereocenters. The van der Waals surface area contributed by atoms with Crippen molar-refractivity contribution in [1.29, 1.82) is 0 Å². The second-order valence-electron chi connectivity index (χ2n) is 6.62. The van der Waals surface area contributed by atoms with Crippen molar-refractivity contribution >= 4 is 6.09 Å². The fourth-order valence-corrected chi connectivity index (χ4v) is 1.96. The first-order valence-electron chi connectivity index (χ1n) is 7.82. The van der Waals surface area contributed by atoms with E-state index in [2.05, 4.69) is 5.32 Å². The number of aliphatic hydroxyl groups is 1. The van der Waals surface area contributed by atoms with Gasteiger partial charge in [-0.1, -0.05) is 12.1 Å². The van der Waals surface area contributed by atoms with Crippen LogP contribution in [-0.2, 0) is 11.3 Å². The van der Waals surface area contributed by atoms with Gasteiger partial charge in [-0.2, -0.15) is 0 Å². The molecule has 1 aromatic carbocycles. The van der Waals surface area contributed by atoms with Crippen LogP contribution >= 0.6 is 0 Å². The van der Waals surface area contributed by atoms with Gasteiger partial charge in [-0.15, -0.1) is 0 Å². The van der Waals surface area contributed by atoms with Gasteiger partial charge in [0, 0.05) is 26.2 Å². The van der Waals surface area contributed by atoms with Crippen molar-refractivity contribution in [2.24, 2.45) is 0 Å². The third-order valence-corrected chi connectivity index (χ3v) is 2.96. The van der Waals surface area contributed by atoms with E-state index in [1.165, 1.54) is 4.90 Å². The average Bonchev–Trinajstić information content (AvgIpc) is 2.41. The molecule has 1 aromatic rings. The molecular weight excluding hydrogens is 296 g/mol. The van der Waals surface area contributed by atoms with Gasteiger partial charge < -0.3 is 25.2 Å². The third kappa shape index (κ3) is 8.42. The van der Waals surface area contributed by atoms with Crippen molar-refractivity contribution in [3.8, 4) is 5.75 Å². The molecule has 6 nitrogen and oxygen atoms in total. The summed E-state index contributed by atoms with van der Waals surface area (Å²) in [4.78, 5) is 13.6. The lowest BCUT2D eigenvalue weighted by Crippen LogP contribution is -2.43. The van der Waals surface area contributed by atoms with Crippen LogP contribution in [0.2, 0.25) is 0 Å². The molecule has 6 heteroatoms. The van der Waals surface area contributed by atoms with Crippen LogP contribution in [0.4, 0.5) is 4.79 Å². The Labute approximate surface area is 138 Å². The second kappa shape index (κ2) is 8.74. The Bertz CT molecular complexity index is 480. The molecule has 0 fully saturated rings. The minimum absolute atomic E-state index is 0.232. The Balaban J connectivity index is 2.44. The number of carbonyl (C=O) groups is 1. The monoisotopic (exact) mass is 324 g/mol. The molecule has 0 aliphatic rings. The summed E-state index contributed by atoms with van der Waals surface area (Å²) < 4.78 is 5.35. The number of hydrogen-bond donors (Lipinski definition) is 3. The molecule has 0 aromatic heterocycles. The van der Waals surface area contributed by atoms with Crippen molar-refractivity contribution in [1.82, 2.24) is 10.2 Å². The first-order valence-corrected chi connectivity index (χ1v) is 7.82. The standard InChI is InChI=1S/C17H28N2O4/c1-13(20)12-19(16(22)23-17(2,3)4)10-9-18-11-14-5-7-15(21)8-6-14/h5-8,13,18,20-21H,9-12H2,1-4H3. The van der Waals surface area contributed by atoms with Crippen LogP contribution in [0.25, 0.3) is 0 Å². The zero-order valence-corrected chi connectivity index (χ0v) is 14.4. The lowest BCUT2D eigenvalue weighted by atomic mass is 10.2. The molecular formula is C17H28N2O4. The maximum absolute atomic E-state index is 12.1. The predicted octanol–water partition coefficient (Wildman–Crippen LogP) is 2.10. The topological polar surface area (TPSA) is 82.0 Å². The van der Waals surface area contributed by atoms with Gasteiger partial charge in [0.05, 0.1) is 6.10 Å². The van der Waals surface area contributed by atoms with E-state index in [1.807, 2.05) is 32.9 Å². The van der Waals surface area contributed by atoms with Crippen LogP contribution in [-0.4, -0.2) is 52.5 Å². The van der Waals surface area contributed by atoms with Crippen LogP contribution in [0.5, 0.6) is 5.75 Å². The van der Waals surface area contributed by atoms with E-state index in [0.717, 1.165) is 5.56 Å². The van der Waals surface area contributed by atoms with Crippen LogP contribution in [0.15, 0.2) is 24.3 Å². The summed E-state index contributed by atoms with van der Waals surface area (Å²) in [7, 11) is 0. The highest BCUT2D eigenvalue weighted by Gasteiger charge is 2.22. The van der Waals surface area contributed by atoms with Crippen molar-refractivity contribution < 1.29 is 19.7 Å². The van der Waals surface area contributed by atoms with E-state index in [4.69, 9.17) is 4.74 Å². The first-order chi connectivity index (χ1) is 10.7. The molecule has 1 unspecified atom stereocenters. The number of benzene rings is 1. The molecule has 0 bridgehead atoms. The molecule has 3 N–H and O–H groups in total. The first kappa shape index (κ1) is 19.3. The molecule has 0 heterocycles. The fraction of sp³-hybridized carbons (Fsp3) is 0.588. The summed E-state index contributed by atoms with van der Waals surface area (Å²) in [5.74, 6) is 0.238. The van der Waals surface area contributed by atoms with Gasteiger partial charge in [0.15, 0.2) is 0 Å². The maximum Gasteiger partial charge on any atom is 0.410 e. The molecule has 0 spiro atoms. The summed E-state index contributed by atoms with van der Waals surface area (Å²) >= 11 is 0. The van der Waals surface area contributed by atoms with Gasteiger partial charge in [-0.3, -0.25) is 0 Å². The molecule has 0 saturated carbocycles. The summed E-state index contributed by atoms with van der Waals surface area (Å²) in [6.07, 6.45) is -1.04. The number of nitrogens with zero attached hydrogens (tertiary/aromatic N) is 1. The number of aliphatic hydroxyl groups excluding tert-OH is 1. The van der Waals surface area contributed by atoms with E-state index in [-0.39, 0.29) is 12.3 Å². The highest BCUT2D eigenvalue weighted by molar-refractivity contribution is 5.68. The summed E-state index contributed by atoms with van der Waals surface area (Å²) in [6, 6.07) is 6.95. The summed E-state index contributed by atoms with van der Waals surface area (Å²) in [5.41, 5.74) is 0.482. The number of phenolic OH excluding ortho intramolecular Hbond substituents is 1. The van der Waals surface area contributed by atoms with E-state index in [9.17, 15) is 15.0 Å². The highest BCUT2D eigenvalue weighted by Crippen LogP contribution is 2.11. The smallest absolute Gasteiger partial charge is 0.410 e. The predicted molar refractivity (Wildman–Crippen MR) is 89.3 cm³/mol. The van der Waals surface area contributed by atoms with Crippen LogP contribution in [0, 0.1) is 0 Å². The molecule has 1 rings (SSSR count). The van der Waals surface area contributed by atoms with Gasteiger partial charge >= 0.3 is 6.09 Å². The number of ether oxygens (including phenoxy) is 1. The number of hydrogen-bond acceptors (Lipinski definition) is 5. The highest BCUT2D eigenvalue weighted by atomic mass is 16.6. The molecule has 0 aliphatic heterocycles. The molecule has 1 amide bonds. The number of phenols is 1. The van der Waals surface area contributed by atoms with Gasteiger partial charge in [-0.05, 0) is 45.4 Å². The maximum atomic E-state index is 12.1. The number of amides is 1. The van der Waals surface area contributed by atoms with Gasteiger partial charge in [0.1, 0.15) is 11.4 Å². The van der Waals surface area contributed by atoms with Gasteiger partial charge in [-0.25, -0.2) is 4.79 Å².